The fourth-order valence-corrected chi connectivity index (χ4v) is 5.95. The van der Waals surface area contributed by atoms with Crippen LogP contribution in [0.4, 0.5) is 5.69 Å². The molecule has 3 rings (SSSR count). The summed E-state index contributed by atoms with van der Waals surface area (Å²) in [5.74, 6) is -0.856. The molecule has 0 aromatic heterocycles. The van der Waals surface area contributed by atoms with Crippen LogP contribution in [-0.2, 0) is 26.2 Å². The van der Waals surface area contributed by atoms with Crippen LogP contribution in [0.25, 0.3) is 0 Å². The number of amides is 2. The number of halogens is 2. The second-order valence-electron chi connectivity index (χ2n) is 9.05. The fourth-order valence-electron chi connectivity index (χ4n) is 4.01. The summed E-state index contributed by atoms with van der Waals surface area (Å²) in [5.41, 5.74) is 0.943. The molecule has 1 N–H and O–H groups in total. The minimum atomic E-state index is -4.19. The molecule has 0 aliphatic carbocycles. The number of nitrogens with zero attached hydrogens (tertiary/aromatic N) is 2. The van der Waals surface area contributed by atoms with Gasteiger partial charge in [0.2, 0.25) is 11.8 Å². The summed E-state index contributed by atoms with van der Waals surface area (Å²) in [6.45, 7) is 5.05. The zero-order chi connectivity index (χ0) is 27.9. The summed E-state index contributed by atoms with van der Waals surface area (Å²) < 4.78 is 28.5. The first-order valence-electron chi connectivity index (χ1n) is 12.2. The molecule has 2 amide bonds. The third-order valence-corrected chi connectivity index (χ3v) is 7.98. The van der Waals surface area contributed by atoms with Crippen LogP contribution >= 0.6 is 23.2 Å². The van der Waals surface area contributed by atoms with E-state index in [1.807, 2.05) is 51.1 Å². The molecule has 3 aromatic rings. The zero-order valence-electron chi connectivity index (χ0n) is 21.5. The second-order valence-corrected chi connectivity index (χ2v) is 11.8. The highest BCUT2D eigenvalue weighted by atomic mass is 35.5. The summed E-state index contributed by atoms with van der Waals surface area (Å²) in [6, 6.07) is 20.4. The molecule has 0 spiro atoms. The monoisotopic (exact) mass is 575 g/mol. The Morgan fingerprint density at radius 1 is 0.895 bits per heavy atom. The Balaban J connectivity index is 2.07. The van der Waals surface area contributed by atoms with Crippen LogP contribution in [0, 0.1) is 0 Å². The maximum absolute atomic E-state index is 13.9. The maximum Gasteiger partial charge on any atom is 0.264 e. The van der Waals surface area contributed by atoms with Gasteiger partial charge in [-0.3, -0.25) is 13.9 Å². The Kier molecular flexibility index (Phi) is 10.2. The molecule has 3 aromatic carbocycles. The third-order valence-electron chi connectivity index (χ3n) is 5.76. The Hall–Kier alpha value is -3.07. The van der Waals surface area contributed by atoms with Crippen molar-refractivity contribution in [3.63, 3.8) is 0 Å². The molecule has 7 nitrogen and oxygen atoms in total. The van der Waals surface area contributed by atoms with Gasteiger partial charge in [-0.2, -0.15) is 0 Å². The number of hydrogen-bond acceptors (Lipinski definition) is 4. The normalized spacial score (nSPS) is 12.2. The van der Waals surface area contributed by atoms with Gasteiger partial charge in [0.1, 0.15) is 12.6 Å². The van der Waals surface area contributed by atoms with Crippen LogP contribution in [0.5, 0.6) is 0 Å². The summed E-state index contributed by atoms with van der Waals surface area (Å²) in [7, 11) is -4.19. The zero-order valence-corrected chi connectivity index (χ0v) is 23.8. The Labute approximate surface area is 234 Å². The van der Waals surface area contributed by atoms with Crippen LogP contribution in [0.1, 0.15) is 32.8 Å². The maximum atomic E-state index is 13.9. The fraction of sp³-hybridized carbons (Fsp3) is 0.286. The lowest BCUT2D eigenvalue weighted by atomic mass is 10.1. The molecule has 1 atom stereocenters. The summed E-state index contributed by atoms with van der Waals surface area (Å²) >= 11 is 12.4. The van der Waals surface area contributed by atoms with Crippen LogP contribution < -0.4 is 9.62 Å². The van der Waals surface area contributed by atoms with E-state index >= 15 is 0 Å². The number of carbonyl (C=O) groups excluding carboxylic acids is 2. The van der Waals surface area contributed by atoms with Gasteiger partial charge >= 0.3 is 0 Å². The van der Waals surface area contributed by atoms with Gasteiger partial charge in [0.25, 0.3) is 10.0 Å². The standard InChI is InChI=1S/C28H31Cl2N3O4S/c1-4-26(28(35)31-20(2)3)32(18-21-11-7-5-8-12-21)27(34)19-33(24-16-22(29)15-23(30)17-24)38(36,37)25-13-9-6-10-14-25/h5-17,20,26H,4,18-19H2,1-3H3,(H,31,35)/t26-/m1/s1. The van der Waals surface area contributed by atoms with E-state index < -0.39 is 28.5 Å². The topological polar surface area (TPSA) is 86.8 Å². The molecule has 0 unspecified atom stereocenters. The molecular weight excluding hydrogens is 545 g/mol. The van der Waals surface area contributed by atoms with Gasteiger partial charge in [-0.15, -0.1) is 0 Å². The number of hydrogen-bond donors (Lipinski definition) is 1. The average molecular weight is 577 g/mol. The number of sulfonamides is 1. The average Bonchev–Trinajstić information content (AvgIpc) is 2.87. The Morgan fingerprint density at radius 2 is 1.45 bits per heavy atom. The van der Waals surface area contributed by atoms with Crippen LogP contribution in [0.15, 0.2) is 83.8 Å². The highest BCUT2D eigenvalue weighted by molar-refractivity contribution is 7.92. The van der Waals surface area contributed by atoms with E-state index in [-0.39, 0.29) is 39.1 Å². The highest BCUT2D eigenvalue weighted by Crippen LogP contribution is 2.30. The van der Waals surface area contributed by atoms with Crippen molar-refractivity contribution in [2.75, 3.05) is 10.8 Å². The lowest BCUT2D eigenvalue weighted by Gasteiger charge is -2.33. The van der Waals surface area contributed by atoms with E-state index in [1.165, 1.54) is 35.2 Å². The van der Waals surface area contributed by atoms with Gasteiger partial charge in [0, 0.05) is 22.6 Å². The largest absolute Gasteiger partial charge is 0.352 e. The van der Waals surface area contributed by atoms with Crippen molar-refractivity contribution in [1.29, 1.82) is 0 Å². The molecule has 0 saturated heterocycles. The van der Waals surface area contributed by atoms with Gasteiger partial charge in [0.15, 0.2) is 0 Å². The number of carbonyl (C=O) groups is 2. The van der Waals surface area contributed by atoms with E-state index in [0.717, 1.165) is 9.87 Å². The van der Waals surface area contributed by atoms with Crippen molar-refractivity contribution in [2.45, 2.75) is 50.7 Å². The van der Waals surface area contributed by atoms with Gasteiger partial charge in [-0.1, -0.05) is 78.7 Å². The molecule has 0 fully saturated rings. The number of rotatable bonds is 11. The summed E-state index contributed by atoms with van der Waals surface area (Å²) in [4.78, 5) is 28.5. The molecule has 10 heteroatoms. The predicted molar refractivity (Wildman–Crippen MR) is 152 cm³/mol. The predicted octanol–water partition coefficient (Wildman–Crippen LogP) is 5.52. The Bertz CT molecular complexity index is 1330. The van der Waals surface area contributed by atoms with Gasteiger partial charge in [-0.05, 0) is 56.2 Å². The van der Waals surface area contributed by atoms with Crippen LogP contribution in [0.3, 0.4) is 0 Å². The first kappa shape index (κ1) is 29.5. The lowest BCUT2D eigenvalue weighted by molar-refractivity contribution is -0.140. The smallest absolute Gasteiger partial charge is 0.264 e. The molecule has 0 bridgehead atoms. The molecule has 0 saturated carbocycles. The molecule has 38 heavy (non-hydrogen) atoms. The first-order valence-corrected chi connectivity index (χ1v) is 14.4. The number of benzene rings is 3. The van der Waals surface area contributed by atoms with E-state index in [9.17, 15) is 18.0 Å². The lowest BCUT2D eigenvalue weighted by Crippen LogP contribution is -2.53. The van der Waals surface area contributed by atoms with Crippen LogP contribution in [-0.4, -0.2) is 43.8 Å². The van der Waals surface area contributed by atoms with Crippen molar-refractivity contribution in [3.8, 4) is 0 Å². The first-order chi connectivity index (χ1) is 18.0. The highest BCUT2D eigenvalue weighted by Gasteiger charge is 2.34. The number of anilines is 1. The molecule has 0 aliphatic rings. The van der Waals surface area contributed by atoms with Crippen molar-refractivity contribution in [2.24, 2.45) is 0 Å². The van der Waals surface area contributed by atoms with Crippen LogP contribution in [0.2, 0.25) is 10.0 Å². The molecule has 0 radical (unpaired) electrons. The summed E-state index contributed by atoms with van der Waals surface area (Å²) in [6.07, 6.45) is 0.339. The minimum absolute atomic E-state index is 0.00287. The quantitative estimate of drug-likeness (QED) is 0.326. The van der Waals surface area contributed by atoms with Crippen molar-refractivity contribution >= 4 is 50.7 Å². The van der Waals surface area contributed by atoms with E-state index in [4.69, 9.17) is 23.2 Å². The SMILES string of the molecule is CC[C@H](C(=O)NC(C)C)N(Cc1ccccc1)C(=O)CN(c1cc(Cl)cc(Cl)c1)S(=O)(=O)c1ccccc1. The third kappa shape index (κ3) is 7.49. The van der Waals surface area contributed by atoms with E-state index in [0.29, 0.717) is 6.42 Å². The molecule has 0 heterocycles. The minimum Gasteiger partial charge on any atom is -0.352 e. The van der Waals surface area contributed by atoms with Gasteiger partial charge in [-0.25, -0.2) is 8.42 Å². The molecule has 202 valence electrons. The van der Waals surface area contributed by atoms with Crippen molar-refractivity contribution in [1.82, 2.24) is 10.2 Å². The summed E-state index contributed by atoms with van der Waals surface area (Å²) in [5, 5.41) is 3.31. The number of nitrogens with one attached hydrogen (secondary N) is 1. The molecular formula is C28H31Cl2N3O4S. The van der Waals surface area contributed by atoms with Crippen molar-refractivity contribution in [3.05, 3.63) is 94.5 Å². The van der Waals surface area contributed by atoms with E-state index in [2.05, 4.69) is 5.32 Å². The second kappa shape index (κ2) is 13.1. The molecule has 0 aliphatic heterocycles. The van der Waals surface area contributed by atoms with Gasteiger partial charge in [0.05, 0.1) is 10.6 Å². The Morgan fingerprint density at radius 3 is 1.97 bits per heavy atom. The van der Waals surface area contributed by atoms with Crippen molar-refractivity contribution < 1.29 is 18.0 Å². The van der Waals surface area contributed by atoms with Gasteiger partial charge < -0.3 is 10.2 Å². The van der Waals surface area contributed by atoms with E-state index in [1.54, 1.807) is 18.2 Å².